The molecule has 0 aliphatic heterocycles. The van der Waals surface area contributed by atoms with Gasteiger partial charge in [0.1, 0.15) is 0 Å². The van der Waals surface area contributed by atoms with E-state index in [0.29, 0.717) is 26.2 Å². The van der Waals surface area contributed by atoms with Crippen LogP contribution in [-0.4, -0.2) is 25.7 Å². The number of hydrogen-bond acceptors (Lipinski definition) is 3. The maximum Gasteiger partial charge on any atom is 0.220 e. The van der Waals surface area contributed by atoms with Gasteiger partial charge in [-0.2, -0.15) is 0 Å². The van der Waals surface area contributed by atoms with Crippen LogP contribution in [0.15, 0.2) is 42.5 Å². The van der Waals surface area contributed by atoms with Crippen molar-refractivity contribution in [2.75, 3.05) is 19.8 Å². The van der Waals surface area contributed by atoms with E-state index in [1.54, 1.807) is 0 Å². The Hall–Kier alpha value is -2.49. The van der Waals surface area contributed by atoms with Crippen molar-refractivity contribution >= 4 is 5.91 Å². The molecule has 2 aromatic carbocycles. The van der Waals surface area contributed by atoms with E-state index >= 15 is 0 Å². The molecule has 0 aliphatic carbocycles. The van der Waals surface area contributed by atoms with Gasteiger partial charge in [-0.15, -0.1) is 0 Å². The van der Waals surface area contributed by atoms with Crippen molar-refractivity contribution < 1.29 is 14.3 Å². The van der Waals surface area contributed by atoms with Crippen LogP contribution in [0, 0.1) is 6.92 Å². The molecule has 140 valence electrons. The Morgan fingerprint density at radius 2 is 1.54 bits per heavy atom. The van der Waals surface area contributed by atoms with Crippen molar-refractivity contribution in [3.05, 3.63) is 59.2 Å². The van der Waals surface area contributed by atoms with Crippen LogP contribution >= 0.6 is 0 Å². The van der Waals surface area contributed by atoms with Crippen LogP contribution in [0.3, 0.4) is 0 Å². The molecule has 0 radical (unpaired) electrons. The van der Waals surface area contributed by atoms with Gasteiger partial charge in [0, 0.05) is 13.0 Å². The van der Waals surface area contributed by atoms with Crippen LogP contribution in [0.5, 0.6) is 11.5 Å². The summed E-state index contributed by atoms with van der Waals surface area (Å²) in [6.45, 7) is 7.79. The third kappa shape index (κ3) is 6.43. The predicted molar refractivity (Wildman–Crippen MR) is 105 cm³/mol. The van der Waals surface area contributed by atoms with Crippen molar-refractivity contribution in [3.63, 3.8) is 0 Å². The minimum atomic E-state index is 0.0848. The predicted octanol–water partition coefficient (Wildman–Crippen LogP) is 4.08. The van der Waals surface area contributed by atoms with Gasteiger partial charge >= 0.3 is 0 Å². The van der Waals surface area contributed by atoms with Crippen molar-refractivity contribution in [2.24, 2.45) is 0 Å². The number of carbonyl (C=O) groups is 1. The van der Waals surface area contributed by atoms with Gasteiger partial charge in [0.2, 0.25) is 5.91 Å². The van der Waals surface area contributed by atoms with Gasteiger partial charge in [-0.3, -0.25) is 4.79 Å². The quantitative estimate of drug-likeness (QED) is 0.698. The van der Waals surface area contributed by atoms with Gasteiger partial charge < -0.3 is 14.8 Å². The summed E-state index contributed by atoms with van der Waals surface area (Å²) in [5.74, 6) is 1.61. The standard InChI is InChI=1S/C22H29NO3/c1-4-25-20-12-10-19(16-21(20)26-5-2)14-15-23-22(24)13-11-18-8-6-17(3)7-9-18/h6-10,12,16H,4-5,11,13-15H2,1-3H3,(H,23,24). The molecule has 0 atom stereocenters. The first kappa shape index (κ1) is 19.8. The van der Waals surface area contributed by atoms with E-state index in [4.69, 9.17) is 9.47 Å². The monoisotopic (exact) mass is 355 g/mol. The molecule has 4 heteroatoms. The SMILES string of the molecule is CCOc1ccc(CCNC(=O)CCc2ccc(C)cc2)cc1OCC. The number of hydrogen-bond donors (Lipinski definition) is 1. The lowest BCUT2D eigenvalue weighted by Gasteiger charge is -2.12. The average molecular weight is 355 g/mol. The highest BCUT2D eigenvalue weighted by Gasteiger charge is 2.07. The summed E-state index contributed by atoms with van der Waals surface area (Å²) in [7, 11) is 0. The Kier molecular flexibility index (Phi) is 8.00. The van der Waals surface area contributed by atoms with Crippen molar-refractivity contribution in [2.45, 2.75) is 40.0 Å². The lowest BCUT2D eigenvalue weighted by atomic mass is 10.1. The van der Waals surface area contributed by atoms with E-state index in [1.165, 1.54) is 11.1 Å². The van der Waals surface area contributed by atoms with Crippen LogP contribution in [0.2, 0.25) is 0 Å². The number of benzene rings is 2. The highest BCUT2D eigenvalue weighted by Crippen LogP contribution is 2.28. The Labute approximate surface area is 156 Å². The molecular formula is C22H29NO3. The maximum absolute atomic E-state index is 12.0. The first-order chi connectivity index (χ1) is 12.6. The van der Waals surface area contributed by atoms with E-state index < -0.39 is 0 Å². The fraction of sp³-hybridized carbons (Fsp3) is 0.409. The van der Waals surface area contributed by atoms with Crippen molar-refractivity contribution in [3.8, 4) is 11.5 Å². The Balaban J connectivity index is 1.78. The van der Waals surface area contributed by atoms with Crippen LogP contribution < -0.4 is 14.8 Å². The lowest BCUT2D eigenvalue weighted by Crippen LogP contribution is -2.25. The lowest BCUT2D eigenvalue weighted by molar-refractivity contribution is -0.121. The summed E-state index contributed by atoms with van der Waals surface area (Å²) >= 11 is 0. The smallest absolute Gasteiger partial charge is 0.220 e. The van der Waals surface area contributed by atoms with Crippen LogP contribution in [0.25, 0.3) is 0 Å². The zero-order valence-corrected chi connectivity index (χ0v) is 16.0. The van der Waals surface area contributed by atoms with Gasteiger partial charge in [-0.1, -0.05) is 35.9 Å². The van der Waals surface area contributed by atoms with Crippen LogP contribution in [0.4, 0.5) is 0 Å². The first-order valence-corrected chi connectivity index (χ1v) is 9.33. The van der Waals surface area contributed by atoms with Crippen molar-refractivity contribution in [1.82, 2.24) is 5.32 Å². The second-order valence-corrected chi connectivity index (χ2v) is 6.23. The number of rotatable bonds is 10. The second kappa shape index (κ2) is 10.5. The highest BCUT2D eigenvalue weighted by atomic mass is 16.5. The molecule has 4 nitrogen and oxygen atoms in total. The highest BCUT2D eigenvalue weighted by molar-refractivity contribution is 5.76. The molecule has 0 unspecified atom stereocenters. The number of amides is 1. The normalized spacial score (nSPS) is 10.4. The van der Waals surface area contributed by atoms with E-state index in [-0.39, 0.29) is 5.91 Å². The van der Waals surface area contributed by atoms with Gasteiger partial charge in [0.05, 0.1) is 13.2 Å². The topological polar surface area (TPSA) is 47.6 Å². The molecule has 2 rings (SSSR count). The number of carbonyl (C=O) groups excluding carboxylic acids is 1. The summed E-state index contributed by atoms with van der Waals surface area (Å²) in [4.78, 5) is 12.0. The zero-order chi connectivity index (χ0) is 18.8. The first-order valence-electron chi connectivity index (χ1n) is 9.33. The maximum atomic E-state index is 12.0. The molecule has 0 saturated heterocycles. The minimum absolute atomic E-state index is 0.0848. The third-order valence-corrected chi connectivity index (χ3v) is 4.10. The van der Waals surface area contributed by atoms with Crippen molar-refractivity contribution in [1.29, 1.82) is 0 Å². The average Bonchev–Trinajstić information content (AvgIpc) is 2.64. The van der Waals surface area contributed by atoms with Gasteiger partial charge in [-0.25, -0.2) is 0 Å². The minimum Gasteiger partial charge on any atom is -0.490 e. The molecule has 0 fully saturated rings. The Bertz CT molecular complexity index is 695. The van der Waals surface area contributed by atoms with E-state index in [1.807, 2.05) is 32.0 Å². The number of ether oxygens (including phenoxy) is 2. The molecule has 0 heterocycles. The third-order valence-electron chi connectivity index (χ3n) is 4.10. The van der Waals surface area contributed by atoms with E-state index in [9.17, 15) is 4.79 Å². The largest absolute Gasteiger partial charge is 0.490 e. The number of aryl methyl sites for hydroxylation is 2. The molecule has 26 heavy (non-hydrogen) atoms. The van der Waals surface area contributed by atoms with Gasteiger partial charge in [0.15, 0.2) is 11.5 Å². The molecule has 0 bridgehead atoms. The number of nitrogens with one attached hydrogen (secondary N) is 1. The fourth-order valence-corrected chi connectivity index (χ4v) is 2.70. The molecule has 0 aliphatic rings. The summed E-state index contributed by atoms with van der Waals surface area (Å²) < 4.78 is 11.2. The molecule has 0 spiro atoms. The summed E-state index contributed by atoms with van der Waals surface area (Å²) in [6, 6.07) is 14.3. The van der Waals surface area contributed by atoms with Crippen LogP contribution in [0.1, 0.15) is 37.0 Å². The van der Waals surface area contributed by atoms with E-state index in [2.05, 4.69) is 36.5 Å². The Morgan fingerprint density at radius 3 is 2.23 bits per heavy atom. The molecule has 0 saturated carbocycles. The molecule has 2 aromatic rings. The summed E-state index contributed by atoms with van der Waals surface area (Å²) in [5, 5.41) is 2.99. The summed E-state index contributed by atoms with van der Waals surface area (Å²) in [5.41, 5.74) is 3.55. The molecular weight excluding hydrogens is 326 g/mol. The second-order valence-electron chi connectivity index (χ2n) is 6.23. The van der Waals surface area contributed by atoms with E-state index in [0.717, 1.165) is 29.9 Å². The summed E-state index contributed by atoms with van der Waals surface area (Å²) in [6.07, 6.45) is 2.04. The zero-order valence-electron chi connectivity index (χ0n) is 16.0. The van der Waals surface area contributed by atoms with Crippen LogP contribution in [-0.2, 0) is 17.6 Å². The molecule has 1 N–H and O–H groups in total. The molecule has 1 amide bonds. The Morgan fingerprint density at radius 1 is 0.885 bits per heavy atom. The molecule has 0 aromatic heterocycles. The fourth-order valence-electron chi connectivity index (χ4n) is 2.70. The van der Waals surface area contributed by atoms with Gasteiger partial charge in [-0.05, 0) is 56.9 Å². The van der Waals surface area contributed by atoms with Gasteiger partial charge in [0.25, 0.3) is 0 Å².